The van der Waals surface area contributed by atoms with E-state index in [1.54, 1.807) is 43.3 Å². The smallest absolute Gasteiger partial charge is 0.357 e. The van der Waals surface area contributed by atoms with Crippen LogP contribution in [0, 0.1) is 6.92 Å². The van der Waals surface area contributed by atoms with E-state index in [9.17, 15) is 31.9 Å². The number of anilines is 1. The van der Waals surface area contributed by atoms with Crippen LogP contribution in [-0.4, -0.2) is 43.9 Å². The Morgan fingerprint density at radius 2 is 1.62 bits per heavy atom. The molecule has 1 unspecified atom stereocenters. The van der Waals surface area contributed by atoms with Crippen molar-refractivity contribution in [3.05, 3.63) is 66.2 Å². The molecule has 48 heavy (non-hydrogen) atoms. The highest BCUT2D eigenvalue weighted by atomic mass is 32.2. The minimum absolute atomic E-state index is 0.00480. The lowest BCUT2D eigenvalue weighted by Crippen LogP contribution is -2.03. The molecule has 7 N–H and O–H groups in total. The number of nitrogen functional groups attached to an aromatic ring is 1. The molecule has 0 aromatic heterocycles. The number of hydrogen-bond acceptors (Lipinski definition) is 16. The van der Waals surface area contributed by atoms with Gasteiger partial charge < -0.3 is 20.1 Å². The second-order valence-corrected chi connectivity index (χ2v) is 12.3. The van der Waals surface area contributed by atoms with E-state index in [0.29, 0.717) is 34.1 Å². The van der Waals surface area contributed by atoms with Crippen LogP contribution >= 0.6 is 12.0 Å². The number of nitrogens with zero attached hydrogens (tertiary/aromatic N) is 5. The first-order chi connectivity index (χ1) is 22.8. The predicted octanol–water partition coefficient (Wildman–Crippen LogP) is 7.65. The number of aromatic hydroxyl groups is 2. The molecule has 0 radical (unpaired) electrons. The van der Waals surface area contributed by atoms with Gasteiger partial charge in [-0.2, -0.15) is 17.7 Å². The van der Waals surface area contributed by atoms with Crippen LogP contribution in [-0.2, 0) is 30.9 Å². The van der Waals surface area contributed by atoms with Crippen LogP contribution in [0.25, 0.3) is 21.5 Å². The average molecular weight is 715 g/mol. The van der Waals surface area contributed by atoms with E-state index >= 15 is 0 Å². The summed E-state index contributed by atoms with van der Waals surface area (Å²) >= 11 is -2.40. The fourth-order valence-corrected chi connectivity index (χ4v) is 6.15. The molecule has 20 heteroatoms. The zero-order valence-electron chi connectivity index (χ0n) is 24.2. The Hall–Kier alpha value is -5.06. The monoisotopic (exact) mass is 714 g/mol. The minimum Gasteiger partial charge on any atom is -0.505 e. The zero-order chi connectivity index (χ0) is 34.7. The van der Waals surface area contributed by atoms with Crippen LogP contribution in [0.5, 0.6) is 17.2 Å². The van der Waals surface area contributed by atoms with Crippen LogP contribution in [0.2, 0.25) is 0 Å². The molecule has 1 atom stereocenters. The molecule has 0 aliphatic heterocycles. The van der Waals surface area contributed by atoms with Crippen molar-refractivity contribution in [3.8, 4) is 17.2 Å². The van der Waals surface area contributed by atoms with Gasteiger partial charge in [-0.15, -0.1) is 19.7 Å². The van der Waals surface area contributed by atoms with Gasteiger partial charge in [-0.05, 0) is 72.4 Å². The molecule has 0 amide bonds. The Morgan fingerprint density at radius 1 is 0.917 bits per heavy atom. The van der Waals surface area contributed by atoms with Gasteiger partial charge in [-0.25, -0.2) is 5.26 Å². The summed E-state index contributed by atoms with van der Waals surface area (Å²) in [4.78, 5) is 3.01. The molecular formula is C28H22N6O11S3. The number of aliphatic imine (C=N–C) groups is 1. The predicted molar refractivity (Wildman–Crippen MR) is 176 cm³/mol. The van der Waals surface area contributed by atoms with Gasteiger partial charge >= 0.3 is 11.4 Å². The van der Waals surface area contributed by atoms with Crippen LogP contribution in [0.4, 0.5) is 34.1 Å². The standard InChI is InChI=1S/C28H22N6O11S3/c1-13-17-12-20(46-45-44-37)25(34-31-15-6-4-3-5-7-15)27(35)16(17)8-9-18(13)32-33-24-19(43-47(38)39)10-14-11-21(48(40,41)42)26(30-2)23(29)22(14)28(24)36/h3-12,35-37H,2,29H2,1H3,(H,38,39)(H,40,41,42). The maximum absolute atomic E-state index is 12.0. The van der Waals surface area contributed by atoms with Crippen molar-refractivity contribution in [1.82, 2.24) is 0 Å². The number of phenols is 2. The molecular weight excluding hydrogens is 693 g/mol. The second kappa shape index (κ2) is 14.0. The molecule has 0 bridgehead atoms. The molecule has 0 aliphatic carbocycles. The van der Waals surface area contributed by atoms with Crippen LogP contribution < -0.4 is 9.92 Å². The second-order valence-electron chi connectivity index (χ2n) is 9.58. The lowest BCUT2D eigenvalue weighted by Gasteiger charge is -2.14. The molecule has 0 saturated carbocycles. The summed E-state index contributed by atoms with van der Waals surface area (Å²) in [6.45, 7) is 4.90. The summed E-state index contributed by atoms with van der Waals surface area (Å²) in [6, 6.07) is 15.2. The maximum atomic E-state index is 12.0. The number of aryl methyl sites for hydroxylation is 1. The van der Waals surface area contributed by atoms with E-state index in [4.69, 9.17) is 15.2 Å². The normalized spacial score (nSPS) is 12.8. The number of phenolic OH excluding ortho intramolecular Hbond substituents is 2. The first kappa shape index (κ1) is 34.3. The van der Waals surface area contributed by atoms with Gasteiger partial charge in [0.15, 0.2) is 22.9 Å². The summed E-state index contributed by atoms with van der Waals surface area (Å²) < 4.78 is 64.1. The Morgan fingerprint density at radius 3 is 2.27 bits per heavy atom. The highest BCUT2D eigenvalue weighted by Crippen LogP contribution is 2.50. The maximum Gasteiger partial charge on any atom is 0.357 e. The van der Waals surface area contributed by atoms with Gasteiger partial charge in [-0.3, -0.25) is 14.1 Å². The summed E-state index contributed by atoms with van der Waals surface area (Å²) in [5.41, 5.74) is 5.90. The Labute approximate surface area is 277 Å². The van der Waals surface area contributed by atoms with E-state index in [1.807, 2.05) is 0 Å². The minimum atomic E-state index is -4.86. The quantitative estimate of drug-likeness (QED) is 0.0112. The van der Waals surface area contributed by atoms with E-state index in [-0.39, 0.29) is 32.8 Å². The fraction of sp³-hybridized carbons (Fsp3) is 0.0357. The Balaban J connectivity index is 1.67. The third kappa shape index (κ3) is 6.81. The lowest BCUT2D eigenvalue weighted by molar-refractivity contribution is -0.432. The first-order valence-corrected chi connectivity index (χ1v) is 16.2. The molecule has 248 valence electrons. The van der Waals surface area contributed by atoms with Gasteiger partial charge in [-0.1, -0.05) is 23.2 Å². The van der Waals surface area contributed by atoms with E-state index in [0.717, 1.165) is 12.1 Å². The van der Waals surface area contributed by atoms with Crippen molar-refractivity contribution in [3.63, 3.8) is 0 Å². The van der Waals surface area contributed by atoms with Crippen LogP contribution in [0.3, 0.4) is 0 Å². The van der Waals surface area contributed by atoms with Gasteiger partial charge in [0.2, 0.25) is 0 Å². The molecule has 0 spiro atoms. The number of rotatable bonds is 11. The number of nitrogens with two attached hydrogens (primary N) is 1. The largest absolute Gasteiger partial charge is 0.505 e. The third-order valence-electron chi connectivity index (χ3n) is 6.82. The van der Waals surface area contributed by atoms with Crippen molar-refractivity contribution in [2.45, 2.75) is 16.7 Å². The Bertz CT molecular complexity index is 2290. The molecule has 0 heterocycles. The number of fused-ring (bicyclic) bond motifs is 2. The highest BCUT2D eigenvalue weighted by Gasteiger charge is 2.25. The molecule has 5 aromatic carbocycles. The zero-order valence-corrected chi connectivity index (χ0v) is 26.7. The molecule has 5 rings (SSSR count). The average Bonchev–Trinajstić information content (AvgIpc) is 3.03. The summed E-state index contributed by atoms with van der Waals surface area (Å²) in [5, 5.41) is 51.8. The van der Waals surface area contributed by atoms with Gasteiger partial charge in [0.1, 0.15) is 16.3 Å². The lowest BCUT2D eigenvalue weighted by atomic mass is 10.0. The van der Waals surface area contributed by atoms with Crippen LogP contribution in [0.1, 0.15) is 5.56 Å². The molecule has 5 aromatic rings. The van der Waals surface area contributed by atoms with E-state index in [1.165, 1.54) is 12.1 Å². The molecule has 0 aliphatic rings. The topological polar surface area (TPSA) is 268 Å². The Kier molecular flexibility index (Phi) is 9.98. The van der Waals surface area contributed by atoms with Crippen molar-refractivity contribution >= 4 is 95.9 Å². The molecule has 0 saturated heterocycles. The van der Waals surface area contributed by atoms with Gasteiger partial charge in [0.25, 0.3) is 10.1 Å². The summed E-state index contributed by atoms with van der Waals surface area (Å²) in [6.07, 6.45) is 0. The van der Waals surface area contributed by atoms with Gasteiger partial charge in [0, 0.05) is 5.39 Å². The first-order valence-electron chi connectivity index (χ1n) is 13.0. The third-order valence-corrected chi connectivity index (χ3v) is 8.63. The van der Waals surface area contributed by atoms with Gasteiger partial charge in [0.05, 0.1) is 39.4 Å². The molecule has 17 nitrogen and oxygen atoms in total. The number of hydrogen-bond donors (Lipinski definition) is 6. The fourth-order valence-electron chi connectivity index (χ4n) is 4.69. The van der Waals surface area contributed by atoms with Crippen molar-refractivity contribution in [1.29, 1.82) is 0 Å². The SMILES string of the molecule is C=Nc1c(S(=O)(=O)O)cc2cc(OS(=O)O)c(N=Nc3ccc4c(O)c(N=Nc5ccccc5)c(SOOO)cc4c3C)c(O)c2c1N. The van der Waals surface area contributed by atoms with Crippen molar-refractivity contribution < 1.29 is 50.8 Å². The van der Waals surface area contributed by atoms with Crippen molar-refractivity contribution in [2.75, 3.05) is 5.73 Å². The van der Waals surface area contributed by atoms with E-state index in [2.05, 4.69) is 41.5 Å². The number of azo groups is 2. The molecule has 0 fully saturated rings. The summed E-state index contributed by atoms with van der Waals surface area (Å²) in [5.74, 6) is -1.53. The number of benzene rings is 5. The summed E-state index contributed by atoms with van der Waals surface area (Å²) in [7, 11) is -4.86. The van der Waals surface area contributed by atoms with Crippen LogP contribution in [0.15, 0.2) is 95.9 Å². The van der Waals surface area contributed by atoms with E-state index < -0.39 is 54.9 Å². The highest BCUT2D eigenvalue weighted by molar-refractivity contribution is 7.94. The van der Waals surface area contributed by atoms with Crippen molar-refractivity contribution in [2.24, 2.45) is 25.4 Å².